The van der Waals surface area contributed by atoms with E-state index in [2.05, 4.69) is 13.2 Å². The molecule has 0 saturated carbocycles. The van der Waals surface area contributed by atoms with Crippen molar-refractivity contribution >= 4 is 36.2 Å². The van der Waals surface area contributed by atoms with Gasteiger partial charge in [0.2, 0.25) is 0 Å². The number of rotatable bonds is 9. The van der Waals surface area contributed by atoms with Gasteiger partial charge >= 0.3 is 11.9 Å². The zero-order valence-electron chi connectivity index (χ0n) is 20.3. The summed E-state index contributed by atoms with van der Waals surface area (Å²) in [7, 11) is 0. The van der Waals surface area contributed by atoms with Gasteiger partial charge in [0, 0.05) is 16.7 Å². The van der Waals surface area contributed by atoms with Gasteiger partial charge in [-0.3, -0.25) is 0 Å². The van der Waals surface area contributed by atoms with Crippen LogP contribution in [0.3, 0.4) is 0 Å². The minimum absolute atomic E-state index is 0.107. The molecule has 0 amide bonds. The van der Waals surface area contributed by atoms with E-state index < -0.39 is 11.9 Å². The minimum atomic E-state index is -0.474. The Bertz CT molecular complexity index is 1350. The summed E-state index contributed by atoms with van der Waals surface area (Å²) in [5, 5.41) is 0. The van der Waals surface area contributed by atoms with E-state index in [1.54, 1.807) is 62.4 Å². The third kappa shape index (κ3) is 7.50. The molecule has 5 heteroatoms. The standard InChI is InChI=1S/C31H27FO4/c1-21(2)30(33)35-20-27-8-6-5-7-25(27)15-16-26-14-11-24(19-29(26)32)10-9-23-12-17-28(18-13-23)36-31(34)22(3)4/h5-19H,1,3,20H2,2,4H3. The van der Waals surface area contributed by atoms with Gasteiger partial charge in [0.15, 0.2) is 0 Å². The van der Waals surface area contributed by atoms with E-state index in [0.717, 1.165) is 16.7 Å². The first-order chi connectivity index (χ1) is 17.2. The summed E-state index contributed by atoms with van der Waals surface area (Å²) in [5.74, 6) is -0.859. The van der Waals surface area contributed by atoms with Crippen LogP contribution in [0.1, 0.15) is 41.7 Å². The molecule has 3 aromatic carbocycles. The number of esters is 2. The molecule has 182 valence electrons. The fourth-order valence-electron chi connectivity index (χ4n) is 3.09. The first-order valence-electron chi connectivity index (χ1n) is 11.3. The Hall–Kier alpha value is -4.51. The molecule has 0 heterocycles. The molecule has 3 aromatic rings. The second-order valence-electron chi connectivity index (χ2n) is 8.24. The number of halogens is 1. The van der Waals surface area contributed by atoms with Crippen LogP contribution in [0, 0.1) is 5.82 Å². The van der Waals surface area contributed by atoms with Crippen molar-refractivity contribution in [3.8, 4) is 5.75 Å². The molecule has 0 spiro atoms. The maximum Gasteiger partial charge on any atom is 0.338 e. The Morgan fingerprint density at radius 2 is 1.39 bits per heavy atom. The zero-order valence-corrected chi connectivity index (χ0v) is 20.3. The maximum absolute atomic E-state index is 14.7. The molecule has 0 aliphatic rings. The predicted molar refractivity (Wildman–Crippen MR) is 142 cm³/mol. The topological polar surface area (TPSA) is 52.6 Å². The lowest BCUT2D eigenvalue weighted by atomic mass is 10.0. The molecular weight excluding hydrogens is 455 g/mol. The second kappa shape index (κ2) is 12.3. The number of hydrogen-bond donors (Lipinski definition) is 0. The van der Waals surface area contributed by atoms with Crippen molar-refractivity contribution in [1.82, 2.24) is 0 Å². The molecule has 0 atom stereocenters. The van der Waals surface area contributed by atoms with Crippen molar-refractivity contribution in [3.05, 3.63) is 125 Å². The lowest BCUT2D eigenvalue weighted by Gasteiger charge is -2.08. The van der Waals surface area contributed by atoms with E-state index in [1.165, 1.54) is 6.07 Å². The molecule has 0 fully saturated rings. The lowest BCUT2D eigenvalue weighted by molar-refractivity contribution is -0.140. The number of benzene rings is 3. The smallest absolute Gasteiger partial charge is 0.338 e. The van der Waals surface area contributed by atoms with Crippen LogP contribution in [0.15, 0.2) is 91.0 Å². The molecule has 0 aliphatic heterocycles. The molecule has 0 N–H and O–H groups in total. The van der Waals surface area contributed by atoms with Gasteiger partial charge < -0.3 is 9.47 Å². The fourth-order valence-corrected chi connectivity index (χ4v) is 3.09. The van der Waals surface area contributed by atoms with E-state index in [0.29, 0.717) is 28.0 Å². The third-order valence-corrected chi connectivity index (χ3v) is 5.14. The summed E-state index contributed by atoms with van der Waals surface area (Å²) in [6, 6.07) is 19.4. The van der Waals surface area contributed by atoms with Gasteiger partial charge in [-0.15, -0.1) is 0 Å². The summed E-state index contributed by atoms with van der Waals surface area (Å²) in [4.78, 5) is 23.3. The molecule has 3 rings (SSSR count). The fraction of sp³-hybridized carbons (Fsp3) is 0.0968. The summed E-state index contributed by atoms with van der Waals surface area (Å²) in [6.45, 7) is 10.4. The summed E-state index contributed by atoms with van der Waals surface area (Å²) in [5.41, 5.74) is 4.31. The molecule has 36 heavy (non-hydrogen) atoms. The minimum Gasteiger partial charge on any atom is -0.457 e. The molecule has 0 aromatic heterocycles. The van der Waals surface area contributed by atoms with Crippen molar-refractivity contribution in [2.75, 3.05) is 0 Å². The van der Waals surface area contributed by atoms with Crippen LogP contribution in [0.25, 0.3) is 24.3 Å². The van der Waals surface area contributed by atoms with Crippen LogP contribution < -0.4 is 4.74 Å². The van der Waals surface area contributed by atoms with Gasteiger partial charge in [-0.05, 0) is 54.3 Å². The largest absolute Gasteiger partial charge is 0.457 e. The first-order valence-corrected chi connectivity index (χ1v) is 11.3. The number of hydrogen-bond acceptors (Lipinski definition) is 4. The van der Waals surface area contributed by atoms with Crippen LogP contribution in [0.4, 0.5) is 4.39 Å². The van der Waals surface area contributed by atoms with Crippen LogP contribution in [-0.4, -0.2) is 11.9 Å². The quantitative estimate of drug-likeness (QED) is 0.139. The third-order valence-electron chi connectivity index (χ3n) is 5.14. The monoisotopic (exact) mass is 482 g/mol. The van der Waals surface area contributed by atoms with Crippen molar-refractivity contribution in [2.24, 2.45) is 0 Å². The Morgan fingerprint density at radius 3 is 2.06 bits per heavy atom. The van der Waals surface area contributed by atoms with E-state index in [9.17, 15) is 14.0 Å². The average molecular weight is 483 g/mol. The average Bonchev–Trinajstić information content (AvgIpc) is 2.86. The van der Waals surface area contributed by atoms with Gasteiger partial charge in [0.05, 0.1) is 0 Å². The van der Waals surface area contributed by atoms with Gasteiger partial charge in [-0.25, -0.2) is 14.0 Å². The Balaban J connectivity index is 1.67. The second-order valence-corrected chi connectivity index (χ2v) is 8.24. The summed E-state index contributed by atoms with van der Waals surface area (Å²) >= 11 is 0. The Kier molecular flexibility index (Phi) is 8.89. The lowest BCUT2D eigenvalue weighted by Crippen LogP contribution is -2.07. The van der Waals surface area contributed by atoms with E-state index in [4.69, 9.17) is 9.47 Å². The van der Waals surface area contributed by atoms with Crippen LogP contribution >= 0.6 is 0 Å². The van der Waals surface area contributed by atoms with Crippen molar-refractivity contribution in [3.63, 3.8) is 0 Å². The highest BCUT2D eigenvalue weighted by atomic mass is 19.1. The van der Waals surface area contributed by atoms with E-state index >= 15 is 0 Å². The van der Waals surface area contributed by atoms with Crippen molar-refractivity contribution < 1.29 is 23.5 Å². The van der Waals surface area contributed by atoms with Crippen molar-refractivity contribution in [1.29, 1.82) is 0 Å². The normalized spacial score (nSPS) is 11.0. The molecule has 0 saturated heterocycles. The molecule has 0 radical (unpaired) electrons. The Morgan fingerprint density at radius 1 is 0.778 bits per heavy atom. The predicted octanol–water partition coefficient (Wildman–Crippen LogP) is 7.27. The Labute approximate surface area is 210 Å². The van der Waals surface area contributed by atoms with Crippen LogP contribution in [0.2, 0.25) is 0 Å². The number of ether oxygens (including phenoxy) is 2. The first kappa shape index (κ1) is 26.1. The zero-order chi connectivity index (χ0) is 26.1. The van der Waals surface area contributed by atoms with Gasteiger partial charge in [-0.2, -0.15) is 0 Å². The summed E-state index contributed by atoms with van der Waals surface area (Å²) < 4.78 is 25.2. The molecule has 0 bridgehead atoms. The van der Waals surface area contributed by atoms with Gasteiger partial charge in [0.1, 0.15) is 18.2 Å². The number of carbonyl (C=O) groups is 2. The van der Waals surface area contributed by atoms with Crippen molar-refractivity contribution in [2.45, 2.75) is 20.5 Å². The molecule has 0 aliphatic carbocycles. The summed E-state index contributed by atoms with van der Waals surface area (Å²) in [6.07, 6.45) is 7.13. The van der Waals surface area contributed by atoms with E-state index in [1.807, 2.05) is 36.4 Å². The van der Waals surface area contributed by atoms with E-state index in [-0.39, 0.29) is 12.4 Å². The molecular formula is C31H27FO4. The van der Waals surface area contributed by atoms with Gasteiger partial charge in [0.25, 0.3) is 0 Å². The SMILES string of the molecule is C=C(C)C(=O)OCc1ccccc1C=Cc1ccc(C=Cc2ccc(OC(=O)C(=C)C)cc2)cc1F. The van der Waals surface area contributed by atoms with Crippen LogP contribution in [-0.2, 0) is 20.9 Å². The maximum atomic E-state index is 14.7. The highest BCUT2D eigenvalue weighted by Gasteiger charge is 2.07. The highest BCUT2D eigenvalue weighted by Crippen LogP contribution is 2.20. The highest BCUT2D eigenvalue weighted by molar-refractivity contribution is 5.89. The van der Waals surface area contributed by atoms with Crippen LogP contribution in [0.5, 0.6) is 5.75 Å². The molecule has 4 nitrogen and oxygen atoms in total. The van der Waals surface area contributed by atoms with Gasteiger partial charge in [-0.1, -0.05) is 86.0 Å². The number of carbonyl (C=O) groups excluding carboxylic acids is 2. The molecule has 0 unspecified atom stereocenters.